The molecule has 1 fully saturated rings. The summed E-state index contributed by atoms with van der Waals surface area (Å²) in [5, 5.41) is 30.2. The maximum Gasteiger partial charge on any atom is 0.435 e. The van der Waals surface area contributed by atoms with E-state index in [1.807, 2.05) is 6.92 Å². The Balaban J connectivity index is 1.27. The number of hydrogen-bond acceptors (Lipinski definition) is 8. The van der Waals surface area contributed by atoms with E-state index in [9.17, 15) is 32.7 Å². The first-order valence-electron chi connectivity index (χ1n) is 14.3. The predicted molar refractivity (Wildman–Crippen MR) is 157 cm³/mol. The second kappa shape index (κ2) is 13.1. The van der Waals surface area contributed by atoms with Gasteiger partial charge in [0, 0.05) is 49.5 Å². The Labute approximate surface area is 259 Å². The normalized spacial score (nSPS) is 14.7. The van der Waals surface area contributed by atoms with Gasteiger partial charge in [0.25, 0.3) is 5.91 Å². The fourth-order valence-corrected chi connectivity index (χ4v) is 5.34. The summed E-state index contributed by atoms with van der Waals surface area (Å²) in [5.74, 6) is -0.506. The number of aryl methyl sites for hydroxylation is 1. The summed E-state index contributed by atoms with van der Waals surface area (Å²) in [6.07, 6.45) is 0.953. The third kappa shape index (κ3) is 6.55. The monoisotopic (exact) mass is 638 g/mol. The number of carbonyl (C=O) groups excluding carboxylic acids is 2. The molecule has 0 saturated carbocycles. The molecule has 0 aliphatic carbocycles. The Kier molecular flexibility index (Phi) is 9.07. The molecule has 1 saturated heterocycles. The van der Waals surface area contributed by atoms with E-state index in [1.54, 1.807) is 24.3 Å². The SMILES string of the molecule is CCc1cc(Nc2nccn3c(-c4cn(CC#N)nc4C(F)(F)F)cnc23)ccc1C(=O)NCCNC(=O)[C@@H]1CCCN1C(=O)O. The zero-order valence-corrected chi connectivity index (χ0v) is 24.5. The number of carboxylic acid groups (broad SMARTS) is 1. The number of nitriles is 1. The lowest BCUT2D eigenvalue weighted by Crippen LogP contribution is -2.47. The Morgan fingerprint density at radius 2 is 1.96 bits per heavy atom. The fourth-order valence-electron chi connectivity index (χ4n) is 5.34. The quantitative estimate of drug-likeness (QED) is 0.189. The summed E-state index contributed by atoms with van der Waals surface area (Å²) in [4.78, 5) is 46.3. The number of anilines is 2. The number of imidazole rings is 1. The van der Waals surface area contributed by atoms with Crippen molar-refractivity contribution in [2.45, 2.75) is 44.9 Å². The van der Waals surface area contributed by atoms with Crippen LogP contribution in [0.25, 0.3) is 16.9 Å². The first-order chi connectivity index (χ1) is 22.0. The van der Waals surface area contributed by atoms with Gasteiger partial charge in [0.1, 0.15) is 12.6 Å². The number of benzene rings is 1. The topological polar surface area (TPSA) is 183 Å². The second-order valence-corrected chi connectivity index (χ2v) is 10.4. The number of hydrogen-bond donors (Lipinski definition) is 4. The van der Waals surface area contributed by atoms with Crippen LogP contribution in [0.3, 0.4) is 0 Å². The molecule has 17 heteroatoms. The number of likely N-dealkylation sites (tertiary alicyclic amines) is 1. The Morgan fingerprint density at radius 1 is 1.17 bits per heavy atom. The third-order valence-electron chi connectivity index (χ3n) is 7.47. The minimum atomic E-state index is -4.76. The molecule has 240 valence electrons. The van der Waals surface area contributed by atoms with Gasteiger partial charge in [-0.3, -0.25) is 23.6 Å². The third-order valence-corrected chi connectivity index (χ3v) is 7.47. The number of amides is 3. The molecule has 0 spiro atoms. The highest BCUT2D eigenvalue weighted by Gasteiger charge is 2.38. The van der Waals surface area contributed by atoms with Crippen molar-refractivity contribution in [1.29, 1.82) is 5.26 Å². The summed E-state index contributed by atoms with van der Waals surface area (Å²) in [5.41, 5.74) is 0.639. The zero-order chi connectivity index (χ0) is 33.0. The van der Waals surface area contributed by atoms with Crippen molar-refractivity contribution < 1.29 is 32.7 Å². The van der Waals surface area contributed by atoms with Crippen LogP contribution < -0.4 is 16.0 Å². The van der Waals surface area contributed by atoms with Crippen LogP contribution in [0.2, 0.25) is 0 Å². The molecule has 3 aromatic heterocycles. The van der Waals surface area contributed by atoms with Crippen LogP contribution in [0.4, 0.5) is 29.5 Å². The van der Waals surface area contributed by atoms with Gasteiger partial charge in [0.2, 0.25) is 5.91 Å². The number of nitrogens with one attached hydrogen (secondary N) is 3. The van der Waals surface area contributed by atoms with Crippen molar-refractivity contribution in [1.82, 2.24) is 39.7 Å². The summed E-state index contributed by atoms with van der Waals surface area (Å²) >= 11 is 0. The number of alkyl halides is 3. The van der Waals surface area contributed by atoms with E-state index in [0.717, 1.165) is 15.8 Å². The van der Waals surface area contributed by atoms with Gasteiger partial charge in [-0.2, -0.15) is 23.5 Å². The van der Waals surface area contributed by atoms with Gasteiger partial charge >= 0.3 is 12.3 Å². The van der Waals surface area contributed by atoms with Crippen molar-refractivity contribution in [3.05, 3.63) is 59.8 Å². The van der Waals surface area contributed by atoms with E-state index in [2.05, 4.69) is 31.0 Å². The van der Waals surface area contributed by atoms with E-state index in [4.69, 9.17) is 5.26 Å². The summed E-state index contributed by atoms with van der Waals surface area (Å²) in [6, 6.07) is 6.06. The first kappa shape index (κ1) is 31.8. The number of carbonyl (C=O) groups is 3. The van der Waals surface area contributed by atoms with Crippen molar-refractivity contribution in [3.8, 4) is 17.3 Å². The van der Waals surface area contributed by atoms with Crippen molar-refractivity contribution >= 4 is 35.1 Å². The van der Waals surface area contributed by atoms with Gasteiger partial charge < -0.3 is 21.1 Å². The molecule has 3 amide bonds. The van der Waals surface area contributed by atoms with Gasteiger partial charge in [0.15, 0.2) is 17.2 Å². The maximum atomic E-state index is 13.8. The molecule has 4 aromatic rings. The van der Waals surface area contributed by atoms with E-state index < -0.39 is 29.9 Å². The molecule has 5 rings (SSSR count). The highest BCUT2D eigenvalue weighted by atomic mass is 19.4. The van der Waals surface area contributed by atoms with Crippen LogP contribution >= 0.6 is 0 Å². The average Bonchev–Trinajstić information content (AvgIpc) is 3.78. The van der Waals surface area contributed by atoms with Crippen LogP contribution in [-0.4, -0.2) is 77.7 Å². The van der Waals surface area contributed by atoms with Gasteiger partial charge in [-0.25, -0.2) is 14.8 Å². The van der Waals surface area contributed by atoms with E-state index in [1.165, 1.54) is 23.0 Å². The molecular formula is C29H29F3N10O4. The molecule has 0 bridgehead atoms. The van der Waals surface area contributed by atoms with Gasteiger partial charge in [-0.05, 0) is 43.0 Å². The van der Waals surface area contributed by atoms with Gasteiger partial charge in [-0.1, -0.05) is 6.92 Å². The summed E-state index contributed by atoms with van der Waals surface area (Å²) in [7, 11) is 0. The number of aromatic nitrogens is 5. The van der Waals surface area contributed by atoms with Crippen LogP contribution in [0.15, 0.2) is 43.0 Å². The molecule has 0 unspecified atom stereocenters. The second-order valence-electron chi connectivity index (χ2n) is 10.4. The van der Waals surface area contributed by atoms with Crippen molar-refractivity contribution in [2.24, 2.45) is 0 Å². The molecule has 46 heavy (non-hydrogen) atoms. The van der Waals surface area contributed by atoms with Crippen LogP contribution in [0.5, 0.6) is 0 Å². The first-order valence-corrected chi connectivity index (χ1v) is 14.3. The Morgan fingerprint density at radius 3 is 2.67 bits per heavy atom. The molecule has 4 N–H and O–H groups in total. The highest BCUT2D eigenvalue weighted by molar-refractivity contribution is 5.96. The van der Waals surface area contributed by atoms with Crippen molar-refractivity contribution in [3.63, 3.8) is 0 Å². The summed E-state index contributed by atoms with van der Waals surface area (Å²) < 4.78 is 43.6. The number of nitrogens with zero attached hydrogens (tertiary/aromatic N) is 7. The summed E-state index contributed by atoms with van der Waals surface area (Å²) in [6.45, 7) is 2.08. The Hall–Kier alpha value is -5.66. The van der Waals surface area contributed by atoms with Crippen LogP contribution in [-0.2, 0) is 23.9 Å². The smallest absolute Gasteiger partial charge is 0.435 e. The number of rotatable bonds is 10. The fraction of sp³-hybridized carbons (Fsp3) is 0.345. The molecular weight excluding hydrogens is 609 g/mol. The molecule has 1 aromatic carbocycles. The minimum Gasteiger partial charge on any atom is -0.465 e. The molecule has 1 aliphatic heterocycles. The molecule has 4 heterocycles. The molecule has 14 nitrogen and oxygen atoms in total. The van der Waals surface area contributed by atoms with Crippen LogP contribution in [0, 0.1) is 11.3 Å². The number of fused-ring (bicyclic) bond motifs is 1. The largest absolute Gasteiger partial charge is 0.465 e. The predicted octanol–water partition coefficient (Wildman–Crippen LogP) is 3.43. The van der Waals surface area contributed by atoms with E-state index in [-0.39, 0.29) is 48.3 Å². The zero-order valence-electron chi connectivity index (χ0n) is 24.5. The molecule has 0 radical (unpaired) electrons. The number of halogens is 3. The average molecular weight is 639 g/mol. The van der Waals surface area contributed by atoms with E-state index in [0.29, 0.717) is 42.6 Å². The van der Waals surface area contributed by atoms with Crippen LogP contribution in [0.1, 0.15) is 41.4 Å². The maximum absolute atomic E-state index is 13.8. The van der Waals surface area contributed by atoms with E-state index >= 15 is 0 Å². The Bertz CT molecular complexity index is 1830. The molecule has 1 aliphatic rings. The lowest BCUT2D eigenvalue weighted by atomic mass is 10.0. The van der Waals surface area contributed by atoms with Gasteiger partial charge in [0.05, 0.1) is 23.5 Å². The highest BCUT2D eigenvalue weighted by Crippen LogP contribution is 2.37. The standard InChI is InChI=1S/C29H29F3N10O4/c1-2-17-14-18(5-6-19(17)26(43)35-8-9-36-27(44)21-4-3-11-42(21)28(45)46)38-24-25-37-15-22(41(25)13-10-34-24)20-16-40(12-7-33)39-23(20)29(30,31)32/h5-6,10,13-16,21H,2-4,8-9,11-12H2,1H3,(H,34,38)(H,35,43)(H,36,44)(H,45,46)/t21-/m0/s1. The van der Waals surface area contributed by atoms with Crippen molar-refractivity contribution in [2.75, 3.05) is 25.0 Å². The lowest BCUT2D eigenvalue weighted by molar-refractivity contribution is -0.141. The minimum absolute atomic E-state index is 0.108. The van der Waals surface area contributed by atoms with Gasteiger partial charge in [-0.15, -0.1) is 0 Å². The molecule has 1 atom stereocenters. The lowest BCUT2D eigenvalue weighted by Gasteiger charge is -2.20.